The van der Waals surface area contributed by atoms with Crippen LogP contribution in [0.15, 0.2) is 83.3 Å². The summed E-state index contributed by atoms with van der Waals surface area (Å²) in [6.07, 6.45) is 3.35. The first-order valence-corrected chi connectivity index (χ1v) is 11.7. The fraction of sp³-hybridized carbons (Fsp3) is 0. The molecule has 1 amide bonds. The van der Waals surface area contributed by atoms with Crippen LogP contribution in [0.25, 0.3) is 11.3 Å². The van der Waals surface area contributed by atoms with Gasteiger partial charge in [-0.1, -0.05) is 11.6 Å². The quantitative estimate of drug-likeness (QED) is 0.417. The Labute approximate surface area is 187 Å². The molecular formula is C21H15ClN4O3S2. The Morgan fingerprint density at radius 3 is 2.29 bits per heavy atom. The third-order valence-corrected chi connectivity index (χ3v) is 6.63. The second-order valence-electron chi connectivity index (χ2n) is 6.36. The highest BCUT2D eigenvalue weighted by atomic mass is 35.5. The molecule has 0 saturated carbocycles. The van der Waals surface area contributed by atoms with Gasteiger partial charge in [0.05, 0.1) is 10.6 Å². The van der Waals surface area contributed by atoms with Crippen LogP contribution in [0.5, 0.6) is 0 Å². The highest BCUT2D eigenvalue weighted by Gasteiger charge is 2.15. The first-order chi connectivity index (χ1) is 14.9. The largest absolute Gasteiger partial charge is 0.298 e. The molecule has 0 aliphatic carbocycles. The molecule has 2 aromatic carbocycles. The molecule has 0 unspecified atom stereocenters. The van der Waals surface area contributed by atoms with Gasteiger partial charge in [0.25, 0.3) is 15.9 Å². The van der Waals surface area contributed by atoms with Gasteiger partial charge in [-0.05, 0) is 60.7 Å². The second-order valence-corrected chi connectivity index (χ2v) is 9.34. The Morgan fingerprint density at radius 1 is 0.935 bits per heavy atom. The van der Waals surface area contributed by atoms with Gasteiger partial charge in [-0.2, -0.15) is 0 Å². The van der Waals surface area contributed by atoms with Crippen LogP contribution in [0.3, 0.4) is 0 Å². The SMILES string of the molecule is O=C(Nc1nc(-c2ccncc2)cs1)c1ccc(NS(=O)(=O)c2ccc(Cl)cc2)cc1. The molecule has 2 aromatic heterocycles. The number of carbonyl (C=O) groups excluding carboxylic acids is 1. The number of amides is 1. The number of halogens is 1. The fourth-order valence-corrected chi connectivity index (χ4v) is 4.57. The third kappa shape index (κ3) is 5.08. The molecule has 0 aliphatic heterocycles. The summed E-state index contributed by atoms with van der Waals surface area (Å²) in [6, 6.07) is 15.6. The van der Waals surface area contributed by atoms with Crippen molar-refractivity contribution in [2.45, 2.75) is 4.90 Å². The van der Waals surface area contributed by atoms with E-state index in [0.717, 1.165) is 11.3 Å². The predicted molar refractivity (Wildman–Crippen MR) is 122 cm³/mol. The fourth-order valence-electron chi connectivity index (χ4n) is 2.67. The van der Waals surface area contributed by atoms with E-state index in [2.05, 4.69) is 20.0 Å². The van der Waals surface area contributed by atoms with Crippen molar-refractivity contribution in [3.63, 3.8) is 0 Å². The average molecular weight is 471 g/mol. The Hall–Kier alpha value is -3.27. The predicted octanol–water partition coefficient (Wildman–Crippen LogP) is 4.91. The van der Waals surface area contributed by atoms with E-state index < -0.39 is 10.0 Å². The zero-order valence-electron chi connectivity index (χ0n) is 15.8. The van der Waals surface area contributed by atoms with Gasteiger partial charge in [0.2, 0.25) is 0 Å². The maximum absolute atomic E-state index is 12.5. The van der Waals surface area contributed by atoms with Crippen LogP contribution in [0.1, 0.15) is 10.4 Å². The number of sulfonamides is 1. The first-order valence-electron chi connectivity index (χ1n) is 8.96. The molecule has 2 N–H and O–H groups in total. The molecule has 4 rings (SSSR count). The van der Waals surface area contributed by atoms with Crippen LogP contribution < -0.4 is 10.0 Å². The third-order valence-electron chi connectivity index (χ3n) is 4.22. The van der Waals surface area contributed by atoms with Gasteiger partial charge in [0.1, 0.15) is 0 Å². The zero-order chi connectivity index (χ0) is 21.8. The molecule has 31 heavy (non-hydrogen) atoms. The van der Waals surface area contributed by atoms with Crippen LogP contribution in [0.2, 0.25) is 5.02 Å². The van der Waals surface area contributed by atoms with E-state index in [0.29, 0.717) is 21.4 Å². The average Bonchev–Trinajstić information content (AvgIpc) is 3.23. The molecule has 0 radical (unpaired) electrons. The topological polar surface area (TPSA) is 101 Å². The molecule has 0 aliphatic rings. The van der Waals surface area contributed by atoms with E-state index in [1.54, 1.807) is 12.4 Å². The van der Waals surface area contributed by atoms with Crippen LogP contribution in [-0.4, -0.2) is 24.3 Å². The van der Waals surface area contributed by atoms with Crippen molar-refractivity contribution in [2.24, 2.45) is 0 Å². The molecule has 4 aromatic rings. The summed E-state index contributed by atoms with van der Waals surface area (Å²) in [4.78, 5) is 21.0. The lowest BCUT2D eigenvalue weighted by molar-refractivity contribution is 0.102. The maximum atomic E-state index is 12.5. The smallest absolute Gasteiger partial charge is 0.261 e. The summed E-state index contributed by atoms with van der Waals surface area (Å²) >= 11 is 7.11. The van der Waals surface area contributed by atoms with Crippen LogP contribution >= 0.6 is 22.9 Å². The molecule has 0 saturated heterocycles. The van der Waals surface area contributed by atoms with Crippen molar-refractivity contribution in [1.29, 1.82) is 0 Å². The van der Waals surface area contributed by atoms with E-state index in [9.17, 15) is 13.2 Å². The number of aromatic nitrogens is 2. The lowest BCUT2D eigenvalue weighted by Gasteiger charge is -2.09. The minimum absolute atomic E-state index is 0.0903. The summed E-state index contributed by atoms with van der Waals surface area (Å²) in [5.74, 6) is -0.345. The summed E-state index contributed by atoms with van der Waals surface area (Å²) in [6.45, 7) is 0. The van der Waals surface area contributed by atoms with Gasteiger partial charge in [-0.3, -0.25) is 19.8 Å². The normalized spacial score (nSPS) is 11.1. The Morgan fingerprint density at radius 2 is 1.61 bits per heavy atom. The van der Waals surface area contributed by atoms with Crippen molar-refractivity contribution in [3.05, 3.63) is 89.0 Å². The van der Waals surface area contributed by atoms with E-state index >= 15 is 0 Å². The van der Waals surface area contributed by atoms with Crippen LogP contribution in [0, 0.1) is 0 Å². The number of nitrogens with zero attached hydrogens (tertiary/aromatic N) is 2. The van der Waals surface area contributed by atoms with Gasteiger partial charge < -0.3 is 0 Å². The minimum atomic E-state index is -3.76. The van der Waals surface area contributed by atoms with Crippen molar-refractivity contribution in [2.75, 3.05) is 10.0 Å². The molecule has 156 valence electrons. The number of rotatable bonds is 6. The molecule has 0 fully saturated rings. The Balaban J connectivity index is 1.43. The van der Waals surface area contributed by atoms with Gasteiger partial charge in [-0.15, -0.1) is 11.3 Å². The lowest BCUT2D eigenvalue weighted by Crippen LogP contribution is -2.14. The van der Waals surface area contributed by atoms with Gasteiger partial charge in [0.15, 0.2) is 5.13 Å². The van der Waals surface area contributed by atoms with Crippen LogP contribution in [0.4, 0.5) is 10.8 Å². The highest BCUT2D eigenvalue weighted by molar-refractivity contribution is 7.92. The molecular weight excluding hydrogens is 456 g/mol. The van der Waals surface area contributed by atoms with Gasteiger partial charge in [0, 0.05) is 39.6 Å². The van der Waals surface area contributed by atoms with Gasteiger partial charge in [-0.25, -0.2) is 13.4 Å². The monoisotopic (exact) mass is 470 g/mol. The number of pyridine rings is 1. The number of anilines is 2. The molecule has 2 heterocycles. The highest BCUT2D eigenvalue weighted by Crippen LogP contribution is 2.25. The number of hydrogen-bond donors (Lipinski definition) is 2. The van der Waals surface area contributed by atoms with Crippen molar-refractivity contribution >= 4 is 49.7 Å². The number of benzene rings is 2. The lowest BCUT2D eigenvalue weighted by atomic mass is 10.2. The van der Waals surface area contributed by atoms with Crippen molar-refractivity contribution in [1.82, 2.24) is 9.97 Å². The summed E-state index contributed by atoms with van der Waals surface area (Å²) in [5, 5.41) is 5.50. The summed E-state index contributed by atoms with van der Waals surface area (Å²) < 4.78 is 27.4. The number of thiazole rings is 1. The summed E-state index contributed by atoms with van der Waals surface area (Å²) in [7, 11) is -3.76. The number of hydrogen-bond acceptors (Lipinski definition) is 6. The summed E-state index contributed by atoms with van der Waals surface area (Å²) in [5.41, 5.74) is 2.36. The van der Waals surface area contributed by atoms with Gasteiger partial charge >= 0.3 is 0 Å². The molecule has 7 nitrogen and oxygen atoms in total. The minimum Gasteiger partial charge on any atom is -0.298 e. The second kappa shape index (κ2) is 8.84. The van der Waals surface area contributed by atoms with E-state index in [4.69, 9.17) is 11.6 Å². The van der Waals surface area contributed by atoms with E-state index in [1.165, 1.54) is 59.9 Å². The van der Waals surface area contributed by atoms with E-state index in [1.807, 2.05) is 17.5 Å². The molecule has 0 bridgehead atoms. The van der Waals surface area contributed by atoms with Crippen molar-refractivity contribution in [3.8, 4) is 11.3 Å². The standard InChI is InChI=1S/C21H15ClN4O3S2/c22-16-3-7-18(8-4-16)31(28,29)26-17-5-1-15(2-6-17)20(27)25-21-24-19(13-30-21)14-9-11-23-12-10-14/h1-13,26H,(H,24,25,27). The molecule has 0 spiro atoms. The number of carbonyl (C=O) groups is 1. The molecule has 10 heteroatoms. The Bertz CT molecular complexity index is 1310. The zero-order valence-corrected chi connectivity index (χ0v) is 18.2. The first kappa shape index (κ1) is 21.0. The number of nitrogens with one attached hydrogen (secondary N) is 2. The Kier molecular flexibility index (Phi) is 5.99. The van der Waals surface area contributed by atoms with Crippen molar-refractivity contribution < 1.29 is 13.2 Å². The van der Waals surface area contributed by atoms with Crippen LogP contribution in [-0.2, 0) is 10.0 Å². The molecule has 0 atom stereocenters. The maximum Gasteiger partial charge on any atom is 0.261 e. The van der Waals surface area contributed by atoms with E-state index in [-0.39, 0.29) is 10.8 Å².